The van der Waals surface area contributed by atoms with Crippen molar-refractivity contribution < 1.29 is 4.39 Å². The Kier molecular flexibility index (Phi) is 5.34. The van der Waals surface area contributed by atoms with E-state index in [4.69, 9.17) is 11.6 Å². The van der Waals surface area contributed by atoms with Crippen molar-refractivity contribution in [3.63, 3.8) is 0 Å². The van der Waals surface area contributed by atoms with Crippen LogP contribution in [0.1, 0.15) is 31.2 Å². The summed E-state index contributed by atoms with van der Waals surface area (Å²) in [4.78, 5) is 0. The van der Waals surface area contributed by atoms with Crippen LogP contribution < -0.4 is 5.32 Å². The van der Waals surface area contributed by atoms with E-state index in [1.54, 1.807) is 6.07 Å². The van der Waals surface area contributed by atoms with Crippen LogP contribution in [0.2, 0.25) is 5.02 Å². The van der Waals surface area contributed by atoms with Gasteiger partial charge in [0.2, 0.25) is 0 Å². The molecule has 1 saturated carbocycles. The molecule has 1 N–H and O–H groups in total. The van der Waals surface area contributed by atoms with Crippen molar-refractivity contribution in [1.29, 1.82) is 0 Å². The first-order valence-electron chi connectivity index (χ1n) is 6.39. The molecule has 0 aromatic heterocycles. The number of halogens is 2. The minimum Gasteiger partial charge on any atom is -0.310 e. The molecule has 0 saturated heterocycles. The summed E-state index contributed by atoms with van der Waals surface area (Å²) in [5.41, 5.74) is 0.851. The molecular weight excluding hydrogens is 269 g/mol. The lowest BCUT2D eigenvalue weighted by molar-refractivity contribution is 0.378. The molecule has 2 rings (SSSR count). The van der Waals surface area contributed by atoms with Gasteiger partial charge in [0.05, 0.1) is 5.02 Å². The summed E-state index contributed by atoms with van der Waals surface area (Å²) in [7, 11) is 0. The lowest BCUT2D eigenvalue weighted by atomic mass is 9.95. The van der Waals surface area contributed by atoms with Crippen LogP contribution >= 0.6 is 23.4 Å². The highest BCUT2D eigenvalue weighted by Gasteiger charge is 2.20. The lowest BCUT2D eigenvalue weighted by Gasteiger charge is -2.28. The van der Waals surface area contributed by atoms with Gasteiger partial charge in [-0.15, -0.1) is 0 Å². The van der Waals surface area contributed by atoms with E-state index < -0.39 is 0 Å². The van der Waals surface area contributed by atoms with Gasteiger partial charge in [0.15, 0.2) is 0 Å². The van der Waals surface area contributed by atoms with Gasteiger partial charge in [0, 0.05) is 17.8 Å². The number of hydrogen-bond donors (Lipinski definition) is 1. The Labute approximate surface area is 117 Å². The largest absolute Gasteiger partial charge is 0.310 e. The molecule has 1 aromatic carbocycles. The molecule has 0 aliphatic heterocycles. The van der Waals surface area contributed by atoms with E-state index in [0.29, 0.717) is 12.6 Å². The van der Waals surface area contributed by atoms with Crippen LogP contribution in [0.3, 0.4) is 0 Å². The molecule has 18 heavy (non-hydrogen) atoms. The number of thioether (sulfide) groups is 1. The maximum atomic E-state index is 13.3. The van der Waals surface area contributed by atoms with Gasteiger partial charge in [-0.25, -0.2) is 4.39 Å². The van der Waals surface area contributed by atoms with Crippen molar-refractivity contribution in [2.24, 2.45) is 0 Å². The second-order valence-electron chi connectivity index (χ2n) is 4.80. The van der Waals surface area contributed by atoms with Crippen LogP contribution in [-0.2, 0) is 6.54 Å². The maximum Gasteiger partial charge on any atom is 0.142 e. The Hall–Kier alpha value is -0.250. The summed E-state index contributed by atoms with van der Waals surface area (Å²) in [6, 6.07) is 5.54. The zero-order valence-corrected chi connectivity index (χ0v) is 12.2. The third-order valence-electron chi connectivity index (χ3n) is 3.62. The molecule has 4 heteroatoms. The standard InChI is InChI=1S/C14H19ClFNS/c1-18-12-7-5-11(6-8-12)17-9-10-3-2-4-13(16)14(10)15/h2-4,11-12,17H,5-9H2,1H3. The zero-order chi connectivity index (χ0) is 13.0. The third-order valence-corrected chi connectivity index (χ3v) is 5.18. The number of hydrogen-bond acceptors (Lipinski definition) is 2. The zero-order valence-electron chi connectivity index (χ0n) is 10.6. The summed E-state index contributed by atoms with van der Waals surface area (Å²) >= 11 is 7.91. The van der Waals surface area contributed by atoms with Gasteiger partial charge in [0.25, 0.3) is 0 Å². The molecule has 1 nitrogen and oxygen atoms in total. The first kappa shape index (κ1) is 14.2. The van der Waals surface area contributed by atoms with Crippen LogP contribution in [0.15, 0.2) is 18.2 Å². The Morgan fingerprint density at radius 2 is 2.06 bits per heavy atom. The highest BCUT2D eigenvalue weighted by atomic mass is 35.5. The third kappa shape index (κ3) is 3.62. The van der Waals surface area contributed by atoms with Crippen LogP contribution in [0.25, 0.3) is 0 Å². The lowest BCUT2D eigenvalue weighted by Crippen LogP contribution is -2.33. The number of benzene rings is 1. The second kappa shape index (κ2) is 6.78. The SMILES string of the molecule is CSC1CCC(NCc2cccc(F)c2Cl)CC1. The summed E-state index contributed by atoms with van der Waals surface area (Å²) in [5.74, 6) is -0.331. The molecule has 0 spiro atoms. The monoisotopic (exact) mass is 287 g/mol. The fraction of sp³-hybridized carbons (Fsp3) is 0.571. The summed E-state index contributed by atoms with van der Waals surface area (Å²) in [5, 5.41) is 4.56. The van der Waals surface area contributed by atoms with E-state index >= 15 is 0 Å². The Morgan fingerprint density at radius 1 is 1.33 bits per heavy atom. The quantitative estimate of drug-likeness (QED) is 0.889. The molecule has 1 aromatic rings. The minimum atomic E-state index is -0.331. The maximum absolute atomic E-state index is 13.3. The summed E-state index contributed by atoms with van der Waals surface area (Å²) < 4.78 is 13.3. The van der Waals surface area contributed by atoms with E-state index in [1.807, 2.05) is 17.8 Å². The molecule has 0 radical (unpaired) electrons. The molecular formula is C14H19ClFNS. The first-order chi connectivity index (χ1) is 8.70. The van der Waals surface area contributed by atoms with Crippen molar-refractivity contribution in [2.75, 3.05) is 6.26 Å². The van der Waals surface area contributed by atoms with Crippen molar-refractivity contribution in [3.8, 4) is 0 Å². The van der Waals surface area contributed by atoms with Gasteiger partial charge in [-0.2, -0.15) is 11.8 Å². The van der Waals surface area contributed by atoms with E-state index in [9.17, 15) is 4.39 Å². The highest BCUT2D eigenvalue weighted by Crippen LogP contribution is 2.27. The fourth-order valence-corrected chi connectivity index (χ4v) is 3.38. The van der Waals surface area contributed by atoms with E-state index in [1.165, 1.54) is 31.7 Å². The topological polar surface area (TPSA) is 12.0 Å². The van der Waals surface area contributed by atoms with Crippen LogP contribution in [0.4, 0.5) is 4.39 Å². The molecule has 1 aliphatic carbocycles. The predicted molar refractivity (Wildman–Crippen MR) is 77.8 cm³/mol. The Bertz CT molecular complexity index is 391. The van der Waals surface area contributed by atoms with Gasteiger partial charge in [-0.05, 0) is 43.6 Å². The first-order valence-corrected chi connectivity index (χ1v) is 8.06. The molecule has 0 unspecified atom stereocenters. The smallest absolute Gasteiger partial charge is 0.142 e. The summed E-state index contributed by atoms with van der Waals surface area (Å²) in [6.07, 6.45) is 7.15. The van der Waals surface area contributed by atoms with Crippen LogP contribution in [0.5, 0.6) is 0 Å². The van der Waals surface area contributed by atoms with Gasteiger partial charge < -0.3 is 5.32 Å². The molecule has 1 aliphatic rings. The van der Waals surface area contributed by atoms with E-state index in [0.717, 1.165) is 10.8 Å². The highest BCUT2D eigenvalue weighted by molar-refractivity contribution is 7.99. The van der Waals surface area contributed by atoms with E-state index in [-0.39, 0.29) is 10.8 Å². The molecule has 100 valence electrons. The van der Waals surface area contributed by atoms with Gasteiger partial charge >= 0.3 is 0 Å². The fourth-order valence-electron chi connectivity index (χ4n) is 2.44. The van der Waals surface area contributed by atoms with Crippen molar-refractivity contribution in [2.45, 2.75) is 43.5 Å². The average Bonchev–Trinajstić information content (AvgIpc) is 2.41. The molecule has 0 bridgehead atoms. The predicted octanol–water partition coefficient (Wildman–Crippen LogP) is 4.24. The Morgan fingerprint density at radius 3 is 2.72 bits per heavy atom. The normalized spacial score (nSPS) is 24.2. The van der Waals surface area contributed by atoms with E-state index in [2.05, 4.69) is 11.6 Å². The van der Waals surface area contributed by atoms with Crippen molar-refractivity contribution in [3.05, 3.63) is 34.6 Å². The van der Waals surface area contributed by atoms with Gasteiger partial charge in [0.1, 0.15) is 5.82 Å². The van der Waals surface area contributed by atoms with Gasteiger partial charge in [-0.1, -0.05) is 23.7 Å². The van der Waals surface area contributed by atoms with Crippen molar-refractivity contribution >= 4 is 23.4 Å². The number of rotatable bonds is 4. The second-order valence-corrected chi connectivity index (χ2v) is 6.32. The van der Waals surface area contributed by atoms with Crippen LogP contribution in [-0.4, -0.2) is 17.5 Å². The minimum absolute atomic E-state index is 0.253. The van der Waals surface area contributed by atoms with Gasteiger partial charge in [-0.3, -0.25) is 0 Å². The van der Waals surface area contributed by atoms with Crippen molar-refractivity contribution in [1.82, 2.24) is 5.32 Å². The summed E-state index contributed by atoms with van der Waals surface area (Å²) in [6.45, 7) is 0.658. The molecule has 0 atom stereocenters. The molecule has 0 amide bonds. The number of nitrogens with one attached hydrogen (secondary N) is 1. The molecule has 0 heterocycles. The van der Waals surface area contributed by atoms with Crippen LogP contribution in [0, 0.1) is 5.82 Å². The average molecular weight is 288 g/mol. The Balaban J connectivity index is 1.83. The molecule has 1 fully saturated rings.